The first-order valence-corrected chi connectivity index (χ1v) is 15.0. The SMILES string of the molecule is COc1cc(C#N)c(CC2CCC(C)(C(=O)O)CC2)cc1C(=O)N[C@@H]1[C@H]2CC[C@H](C2)[C@@H]1C(=O)NCC1(C)CCC1. The molecule has 216 valence electrons. The monoisotopic (exact) mass is 549 g/mol. The van der Waals surface area contributed by atoms with Crippen LogP contribution in [0.4, 0.5) is 0 Å². The Bertz CT molecular complexity index is 1210. The summed E-state index contributed by atoms with van der Waals surface area (Å²) in [6.07, 6.45) is 9.86. The van der Waals surface area contributed by atoms with E-state index in [1.165, 1.54) is 13.5 Å². The van der Waals surface area contributed by atoms with Crippen LogP contribution < -0.4 is 15.4 Å². The first-order valence-electron chi connectivity index (χ1n) is 15.0. The van der Waals surface area contributed by atoms with Gasteiger partial charge in [0.1, 0.15) is 5.75 Å². The van der Waals surface area contributed by atoms with E-state index in [9.17, 15) is 24.8 Å². The van der Waals surface area contributed by atoms with Crippen LogP contribution in [-0.2, 0) is 16.0 Å². The number of ether oxygens (including phenoxy) is 1. The van der Waals surface area contributed by atoms with Crippen molar-refractivity contribution < 1.29 is 24.2 Å². The Morgan fingerprint density at radius 1 is 1.07 bits per heavy atom. The van der Waals surface area contributed by atoms with Gasteiger partial charge in [-0.3, -0.25) is 14.4 Å². The highest BCUT2D eigenvalue weighted by Crippen LogP contribution is 2.49. The number of hydrogen-bond acceptors (Lipinski definition) is 5. The van der Waals surface area contributed by atoms with Crippen LogP contribution in [0, 0.1) is 45.8 Å². The maximum Gasteiger partial charge on any atom is 0.309 e. The van der Waals surface area contributed by atoms with E-state index in [4.69, 9.17) is 4.74 Å². The van der Waals surface area contributed by atoms with Gasteiger partial charge >= 0.3 is 5.97 Å². The predicted octanol–water partition coefficient (Wildman–Crippen LogP) is 4.84. The molecule has 1 aromatic rings. The van der Waals surface area contributed by atoms with Gasteiger partial charge in [0.2, 0.25) is 5.91 Å². The Morgan fingerprint density at radius 2 is 1.77 bits per heavy atom. The fraction of sp³-hybridized carbons (Fsp3) is 0.688. The van der Waals surface area contributed by atoms with Gasteiger partial charge in [-0.1, -0.05) is 13.3 Å². The predicted molar refractivity (Wildman–Crippen MR) is 150 cm³/mol. The standard InChI is InChI=1S/C32H43N3O5/c1-31(9-4-10-31)18-34-29(37)26-20-5-6-21(14-20)27(26)35-28(36)24-15-22(23(17-33)16-25(24)40-3)13-19-7-11-32(2,12-8-19)30(38)39/h15-16,19-21,26-27H,4-14,18H2,1-3H3,(H,34,37)(H,35,36)(H,38,39)/t19?,20-,21+,26+,27-,32?/m1/s1. The van der Waals surface area contributed by atoms with Gasteiger partial charge in [0, 0.05) is 12.6 Å². The molecule has 4 fully saturated rings. The van der Waals surface area contributed by atoms with E-state index in [-0.39, 0.29) is 35.1 Å². The number of carbonyl (C=O) groups excluding carboxylic acids is 2. The first-order chi connectivity index (χ1) is 19.1. The summed E-state index contributed by atoms with van der Waals surface area (Å²) >= 11 is 0. The van der Waals surface area contributed by atoms with Crippen molar-refractivity contribution in [2.45, 2.75) is 90.5 Å². The van der Waals surface area contributed by atoms with Crippen LogP contribution >= 0.6 is 0 Å². The molecular formula is C32H43N3O5. The second-order valence-electron chi connectivity index (χ2n) is 13.6. The van der Waals surface area contributed by atoms with Gasteiger partial charge in [-0.2, -0.15) is 5.26 Å². The van der Waals surface area contributed by atoms with Crippen LogP contribution in [0.2, 0.25) is 0 Å². The number of nitriles is 1. The Balaban J connectivity index is 1.31. The van der Waals surface area contributed by atoms with Crippen LogP contribution in [-0.4, -0.2) is 42.6 Å². The molecule has 4 atom stereocenters. The number of carbonyl (C=O) groups is 3. The van der Waals surface area contributed by atoms with Gasteiger partial charge < -0.3 is 20.5 Å². The maximum absolute atomic E-state index is 13.7. The zero-order valence-corrected chi connectivity index (χ0v) is 24.1. The van der Waals surface area contributed by atoms with E-state index >= 15 is 0 Å². The summed E-state index contributed by atoms with van der Waals surface area (Å²) in [6, 6.07) is 5.46. The van der Waals surface area contributed by atoms with Gasteiger partial charge in [-0.15, -0.1) is 0 Å². The third-order valence-electron chi connectivity index (χ3n) is 10.8. The Morgan fingerprint density at radius 3 is 2.38 bits per heavy atom. The van der Waals surface area contributed by atoms with Gasteiger partial charge in [-0.25, -0.2) is 0 Å². The summed E-state index contributed by atoms with van der Waals surface area (Å²) in [7, 11) is 1.50. The summed E-state index contributed by atoms with van der Waals surface area (Å²) in [5.74, 6) is -0.000959. The first kappa shape index (κ1) is 28.4. The van der Waals surface area contributed by atoms with Gasteiger partial charge in [0.05, 0.1) is 35.6 Å². The van der Waals surface area contributed by atoms with E-state index in [2.05, 4.69) is 23.6 Å². The molecule has 0 saturated heterocycles. The smallest absolute Gasteiger partial charge is 0.309 e. The van der Waals surface area contributed by atoms with Crippen molar-refractivity contribution in [1.29, 1.82) is 5.26 Å². The van der Waals surface area contributed by atoms with E-state index in [1.54, 1.807) is 19.1 Å². The zero-order chi connectivity index (χ0) is 28.7. The molecule has 2 amide bonds. The number of amides is 2. The minimum absolute atomic E-state index is 0.0590. The second kappa shape index (κ2) is 11.1. The highest BCUT2D eigenvalue weighted by Gasteiger charge is 2.51. The lowest BCUT2D eigenvalue weighted by atomic mass is 9.70. The minimum atomic E-state index is -0.753. The highest BCUT2D eigenvalue weighted by molar-refractivity contribution is 5.98. The van der Waals surface area contributed by atoms with Crippen molar-refractivity contribution >= 4 is 17.8 Å². The summed E-state index contributed by atoms with van der Waals surface area (Å²) in [6.45, 7) is 4.72. The van der Waals surface area contributed by atoms with Crippen molar-refractivity contribution in [2.24, 2.45) is 34.5 Å². The molecule has 8 heteroatoms. The molecule has 4 aliphatic carbocycles. The average Bonchev–Trinajstić information content (AvgIpc) is 3.53. The Kier molecular flexibility index (Phi) is 7.87. The lowest BCUT2D eigenvalue weighted by Gasteiger charge is -2.39. The molecule has 0 aromatic heterocycles. The molecule has 2 bridgehead atoms. The minimum Gasteiger partial charge on any atom is -0.496 e. The lowest BCUT2D eigenvalue weighted by Crippen LogP contribution is -2.51. The van der Waals surface area contributed by atoms with E-state index in [0.717, 1.165) is 50.5 Å². The lowest BCUT2D eigenvalue weighted by molar-refractivity contribution is -0.150. The molecule has 0 aliphatic heterocycles. The Labute approximate surface area is 237 Å². The molecule has 0 heterocycles. The number of nitrogens with one attached hydrogen (secondary N) is 2. The zero-order valence-electron chi connectivity index (χ0n) is 24.1. The van der Waals surface area contributed by atoms with Gasteiger partial charge in [0.25, 0.3) is 5.91 Å². The highest BCUT2D eigenvalue weighted by atomic mass is 16.5. The second-order valence-corrected chi connectivity index (χ2v) is 13.6. The molecule has 0 radical (unpaired) electrons. The van der Waals surface area contributed by atoms with Crippen molar-refractivity contribution in [3.05, 3.63) is 28.8 Å². The Hall–Kier alpha value is -3.08. The van der Waals surface area contributed by atoms with Gasteiger partial charge in [0.15, 0.2) is 0 Å². The topological polar surface area (TPSA) is 129 Å². The molecule has 40 heavy (non-hydrogen) atoms. The largest absolute Gasteiger partial charge is 0.496 e. The van der Waals surface area contributed by atoms with E-state index < -0.39 is 11.4 Å². The number of carboxylic acid groups (broad SMARTS) is 1. The fourth-order valence-corrected chi connectivity index (χ4v) is 7.77. The number of carboxylic acids is 1. The van der Waals surface area contributed by atoms with Crippen molar-refractivity contribution in [2.75, 3.05) is 13.7 Å². The van der Waals surface area contributed by atoms with E-state index in [1.807, 2.05) is 0 Å². The van der Waals surface area contributed by atoms with Crippen molar-refractivity contribution in [3.63, 3.8) is 0 Å². The molecule has 4 saturated carbocycles. The van der Waals surface area contributed by atoms with Gasteiger partial charge in [-0.05, 0) is 112 Å². The number of methoxy groups -OCH3 is 1. The summed E-state index contributed by atoms with van der Waals surface area (Å²) in [5, 5.41) is 25.9. The summed E-state index contributed by atoms with van der Waals surface area (Å²) in [5.41, 5.74) is 1.14. The average molecular weight is 550 g/mol. The molecule has 1 aromatic carbocycles. The molecule has 5 rings (SSSR count). The van der Waals surface area contributed by atoms with Crippen LogP contribution in [0.3, 0.4) is 0 Å². The number of rotatable bonds is 9. The number of benzene rings is 1. The third kappa shape index (κ3) is 5.44. The third-order valence-corrected chi connectivity index (χ3v) is 10.8. The van der Waals surface area contributed by atoms with Crippen LogP contribution in [0.1, 0.15) is 99.5 Å². The maximum atomic E-state index is 13.7. The summed E-state index contributed by atoms with van der Waals surface area (Å²) < 4.78 is 5.55. The van der Waals surface area contributed by atoms with Crippen molar-refractivity contribution in [3.8, 4) is 11.8 Å². The quantitative estimate of drug-likeness (QED) is 0.404. The fourth-order valence-electron chi connectivity index (χ4n) is 7.77. The number of hydrogen-bond donors (Lipinski definition) is 3. The number of fused-ring (bicyclic) bond motifs is 2. The van der Waals surface area contributed by atoms with E-state index in [0.29, 0.717) is 54.5 Å². The summed E-state index contributed by atoms with van der Waals surface area (Å²) in [4.78, 5) is 38.7. The van der Waals surface area contributed by atoms with Crippen molar-refractivity contribution in [1.82, 2.24) is 10.6 Å². The molecule has 8 nitrogen and oxygen atoms in total. The van der Waals surface area contributed by atoms with Crippen LogP contribution in [0.15, 0.2) is 12.1 Å². The van der Waals surface area contributed by atoms with Crippen LogP contribution in [0.5, 0.6) is 5.75 Å². The molecule has 4 aliphatic rings. The number of nitrogens with zero attached hydrogens (tertiary/aromatic N) is 1. The normalized spacial score (nSPS) is 32.0. The van der Waals surface area contributed by atoms with Crippen LogP contribution in [0.25, 0.3) is 0 Å². The number of aliphatic carboxylic acids is 1. The molecular weight excluding hydrogens is 506 g/mol. The molecule has 0 unspecified atom stereocenters. The molecule has 0 spiro atoms. The molecule has 3 N–H and O–H groups in total.